The maximum absolute atomic E-state index is 12.6. The Hall–Kier alpha value is -2.20. The summed E-state index contributed by atoms with van der Waals surface area (Å²) in [6, 6.07) is 12.0. The molecular formula is C18H20N2O2. The Morgan fingerprint density at radius 3 is 2.73 bits per heavy atom. The highest BCUT2D eigenvalue weighted by atomic mass is 16.5. The van der Waals surface area contributed by atoms with Crippen molar-refractivity contribution >= 4 is 11.6 Å². The van der Waals surface area contributed by atoms with Gasteiger partial charge in [-0.15, -0.1) is 0 Å². The van der Waals surface area contributed by atoms with Crippen molar-refractivity contribution in [3.63, 3.8) is 0 Å². The van der Waals surface area contributed by atoms with E-state index in [-0.39, 0.29) is 17.7 Å². The van der Waals surface area contributed by atoms with E-state index in [1.807, 2.05) is 38.1 Å². The molecule has 1 aliphatic rings. The van der Waals surface area contributed by atoms with Gasteiger partial charge in [0.1, 0.15) is 0 Å². The van der Waals surface area contributed by atoms with Crippen LogP contribution in [0.1, 0.15) is 22.7 Å². The van der Waals surface area contributed by atoms with Crippen LogP contribution < -0.4 is 5.32 Å². The number of hydrogen-bond donors (Lipinski definition) is 1. The van der Waals surface area contributed by atoms with Crippen molar-refractivity contribution in [1.82, 2.24) is 4.98 Å². The lowest BCUT2D eigenvalue weighted by atomic mass is 9.88. The van der Waals surface area contributed by atoms with Gasteiger partial charge in [0.05, 0.1) is 31.0 Å². The maximum atomic E-state index is 12.6. The molecule has 0 bridgehead atoms. The fourth-order valence-corrected chi connectivity index (χ4v) is 2.79. The van der Waals surface area contributed by atoms with Gasteiger partial charge in [0.2, 0.25) is 5.91 Å². The minimum absolute atomic E-state index is 0.00333. The van der Waals surface area contributed by atoms with Gasteiger partial charge in [0.15, 0.2) is 0 Å². The van der Waals surface area contributed by atoms with E-state index in [1.54, 1.807) is 6.20 Å². The molecule has 0 aliphatic carbocycles. The number of pyridine rings is 1. The molecule has 1 aromatic carbocycles. The molecule has 22 heavy (non-hydrogen) atoms. The van der Waals surface area contributed by atoms with Gasteiger partial charge in [-0.25, -0.2) is 0 Å². The van der Waals surface area contributed by atoms with Gasteiger partial charge in [0.25, 0.3) is 0 Å². The Morgan fingerprint density at radius 1 is 1.23 bits per heavy atom. The summed E-state index contributed by atoms with van der Waals surface area (Å²) in [7, 11) is 0. The van der Waals surface area contributed by atoms with Gasteiger partial charge in [0, 0.05) is 11.6 Å². The van der Waals surface area contributed by atoms with Crippen molar-refractivity contribution in [2.24, 2.45) is 5.92 Å². The zero-order valence-corrected chi connectivity index (χ0v) is 12.9. The van der Waals surface area contributed by atoms with Gasteiger partial charge < -0.3 is 10.1 Å². The number of nitrogens with one attached hydrogen (secondary N) is 1. The van der Waals surface area contributed by atoms with Crippen LogP contribution in [0, 0.1) is 19.8 Å². The average Bonchev–Trinajstić information content (AvgIpc) is 3.01. The molecule has 0 saturated carbocycles. The van der Waals surface area contributed by atoms with Crippen molar-refractivity contribution in [3.05, 3.63) is 59.4 Å². The van der Waals surface area contributed by atoms with E-state index in [4.69, 9.17) is 4.74 Å². The minimum atomic E-state index is -0.163. The molecule has 1 N–H and O–H groups in total. The van der Waals surface area contributed by atoms with Crippen LogP contribution in [0.3, 0.4) is 0 Å². The third kappa shape index (κ3) is 3.02. The number of rotatable bonds is 3. The molecular weight excluding hydrogens is 276 g/mol. The molecule has 1 aromatic heterocycles. The largest absolute Gasteiger partial charge is 0.380 e. The predicted molar refractivity (Wildman–Crippen MR) is 85.8 cm³/mol. The van der Waals surface area contributed by atoms with Gasteiger partial charge in [-0.3, -0.25) is 9.78 Å². The van der Waals surface area contributed by atoms with E-state index in [1.165, 1.54) is 0 Å². The second kappa shape index (κ2) is 6.28. The van der Waals surface area contributed by atoms with E-state index in [0.29, 0.717) is 13.2 Å². The van der Waals surface area contributed by atoms with Crippen LogP contribution in [0.4, 0.5) is 5.69 Å². The molecule has 1 aliphatic heterocycles. The third-order valence-electron chi connectivity index (χ3n) is 4.25. The van der Waals surface area contributed by atoms with E-state index in [0.717, 1.165) is 22.5 Å². The molecule has 1 amide bonds. The minimum Gasteiger partial charge on any atom is -0.380 e. The van der Waals surface area contributed by atoms with E-state index >= 15 is 0 Å². The van der Waals surface area contributed by atoms with Crippen LogP contribution in [0.25, 0.3) is 0 Å². The van der Waals surface area contributed by atoms with Crippen molar-refractivity contribution in [2.75, 3.05) is 18.5 Å². The number of amides is 1. The molecule has 0 radical (unpaired) electrons. The van der Waals surface area contributed by atoms with Crippen LogP contribution in [-0.4, -0.2) is 24.1 Å². The van der Waals surface area contributed by atoms with Gasteiger partial charge in [-0.2, -0.15) is 0 Å². The molecule has 2 aromatic rings. The molecule has 2 atom stereocenters. The van der Waals surface area contributed by atoms with Crippen molar-refractivity contribution in [3.8, 4) is 0 Å². The fraction of sp³-hybridized carbons (Fsp3) is 0.333. The Kier molecular flexibility index (Phi) is 4.20. The molecule has 0 spiro atoms. The highest BCUT2D eigenvalue weighted by Crippen LogP contribution is 2.31. The third-order valence-corrected chi connectivity index (χ3v) is 4.25. The van der Waals surface area contributed by atoms with E-state index < -0.39 is 0 Å². The lowest BCUT2D eigenvalue weighted by Crippen LogP contribution is -2.27. The summed E-state index contributed by atoms with van der Waals surface area (Å²) in [6.07, 6.45) is 1.70. The Morgan fingerprint density at radius 2 is 2.00 bits per heavy atom. The first-order valence-electron chi connectivity index (χ1n) is 7.52. The zero-order valence-electron chi connectivity index (χ0n) is 12.9. The molecule has 3 rings (SSSR count). The quantitative estimate of drug-likeness (QED) is 0.947. The summed E-state index contributed by atoms with van der Waals surface area (Å²) in [5.74, 6) is -0.0545. The standard InChI is InChI=1S/C18H20N2O2/c1-12-8-15(9-19-13(12)2)20-18(21)17-11-22-10-16(17)14-6-4-3-5-7-14/h3-9,16-17H,10-11H2,1-2H3,(H,20,21). The van der Waals surface area contributed by atoms with Gasteiger partial charge in [-0.1, -0.05) is 30.3 Å². The van der Waals surface area contributed by atoms with Crippen LogP contribution in [0.2, 0.25) is 0 Å². The zero-order chi connectivity index (χ0) is 15.5. The lowest BCUT2D eigenvalue weighted by molar-refractivity contribution is -0.120. The second-order valence-electron chi connectivity index (χ2n) is 5.78. The van der Waals surface area contributed by atoms with Crippen LogP contribution >= 0.6 is 0 Å². The number of carbonyl (C=O) groups is 1. The Labute approximate surface area is 130 Å². The van der Waals surface area contributed by atoms with E-state index in [9.17, 15) is 4.79 Å². The first-order valence-corrected chi connectivity index (χ1v) is 7.52. The van der Waals surface area contributed by atoms with Gasteiger partial charge in [-0.05, 0) is 31.0 Å². The van der Waals surface area contributed by atoms with Crippen LogP contribution in [0.15, 0.2) is 42.6 Å². The molecule has 2 heterocycles. The number of hydrogen-bond acceptors (Lipinski definition) is 3. The molecule has 4 heteroatoms. The van der Waals surface area contributed by atoms with Crippen molar-refractivity contribution < 1.29 is 9.53 Å². The second-order valence-corrected chi connectivity index (χ2v) is 5.78. The van der Waals surface area contributed by atoms with E-state index in [2.05, 4.69) is 22.4 Å². The smallest absolute Gasteiger partial charge is 0.230 e. The van der Waals surface area contributed by atoms with Crippen molar-refractivity contribution in [1.29, 1.82) is 0 Å². The SMILES string of the molecule is Cc1cc(NC(=O)C2COCC2c2ccccc2)cnc1C. The summed E-state index contributed by atoms with van der Waals surface area (Å²) in [6.45, 7) is 5.00. The molecule has 1 saturated heterocycles. The predicted octanol–water partition coefficient (Wildman–Crippen LogP) is 3.07. The summed E-state index contributed by atoms with van der Waals surface area (Å²) < 4.78 is 5.55. The number of carbonyl (C=O) groups excluding carboxylic acids is 1. The monoisotopic (exact) mass is 296 g/mol. The summed E-state index contributed by atoms with van der Waals surface area (Å²) in [4.78, 5) is 16.9. The average molecular weight is 296 g/mol. The molecule has 1 fully saturated rings. The fourth-order valence-electron chi connectivity index (χ4n) is 2.79. The summed E-state index contributed by atoms with van der Waals surface area (Å²) in [5.41, 5.74) is 3.94. The van der Waals surface area contributed by atoms with Crippen molar-refractivity contribution in [2.45, 2.75) is 19.8 Å². The van der Waals surface area contributed by atoms with Crippen LogP contribution in [-0.2, 0) is 9.53 Å². The normalized spacial score (nSPS) is 20.8. The first-order chi connectivity index (χ1) is 10.6. The first kappa shape index (κ1) is 14.7. The number of ether oxygens (including phenoxy) is 1. The number of benzene rings is 1. The number of nitrogens with zero attached hydrogens (tertiary/aromatic N) is 1. The van der Waals surface area contributed by atoms with Gasteiger partial charge >= 0.3 is 0 Å². The maximum Gasteiger partial charge on any atom is 0.230 e. The lowest BCUT2D eigenvalue weighted by Gasteiger charge is -2.17. The number of anilines is 1. The highest BCUT2D eigenvalue weighted by molar-refractivity contribution is 5.93. The Balaban J connectivity index is 1.75. The Bertz CT molecular complexity index is 670. The molecule has 114 valence electrons. The molecule has 4 nitrogen and oxygen atoms in total. The highest BCUT2D eigenvalue weighted by Gasteiger charge is 2.35. The van der Waals surface area contributed by atoms with Crippen LogP contribution in [0.5, 0.6) is 0 Å². The molecule has 2 unspecified atom stereocenters. The number of aryl methyl sites for hydroxylation is 2. The summed E-state index contributed by atoms with van der Waals surface area (Å²) in [5, 5.41) is 2.97. The number of aromatic nitrogens is 1. The summed E-state index contributed by atoms with van der Waals surface area (Å²) >= 11 is 0. The topological polar surface area (TPSA) is 51.2 Å².